The van der Waals surface area contributed by atoms with Crippen molar-refractivity contribution in [3.63, 3.8) is 0 Å². The molecule has 0 fully saturated rings. The number of rotatable bonds is 5. The Kier molecular flexibility index (Phi) is 3.86. The Labute approximate surface area is 127 Å². The summed E-state index contributed by atoms with van der Waals surface area (Å²) >= 11 is 0. The van der Waals surface area contributed by atoms with Crippen molar-refractivity contribution in [2.24, 2.45) is 0 Å². The Morgan fingerprint density at radius 1 is 1.27 bits per heavy atom. The van der Waals surface area contributed by atoms with E-state index < -0.39 is 6.17 Å². The van der Waals surface area contributed by atoms with Crippen LogP contribution in [0.4, 0.5) is 21.8 Å². The molecule has 3 N–H and O–H groups in total. The first-order valence-electron chi connectivity index (χ1n) is 7.08. The predicted molar refractivity (Wildman–Crippen MR) is 84.7 cm³/mol. The lowest BCUT2D eigenvalue weighted by molar-refractivity contribution is 0.345. The van der Waals surface area contributed by atoms with E-state index in [1.54, 1.807) is 13.3 Å². The van der Waals surface area contributed by atoms with Gasteiger partial charge in [-0.05, 0) is 25.5 Å². The molecule has 0 amide bonds. The number of hydrogen-bond acceptors (Lipinski definition) is 5. The molecule has 6 nitrogen and oxygen atoms in total. The molecule has 3 rings (SSSR count). The first kappa shape index (κ1) is 14.2. The predicted octanol–water partition coefficient (Wildman–Crippen LogP) is 2.82. The number of para-hydroxylation sites is 1. The van der Waals surface area contributed by atoms with Crippen LogP contribution in [0.5, 0.6) is 0 Å². The van der Waals surface area contributed by atoms with Gasteiger partial charge in [0.1, 0.15) is 5.52 Å². The quantitative estimate of drug-likeness (QED) is 0.757. The number of aromatic amines is 1. The third-order valence-corrected chi connectivity index (χ3v) is 3.36. The molecule has 0 aliphatic rings. The van der Waals surface area contributed by atoms with Crippen LogP contribution >= 0.6 is 0 Å². The number of benzene rings is 1. The van der Waals surface area contributed by atoms with E-state index in [-0.39, 0.29) is 5.95 Å². The van der Waals surface area contributed by atoms with Crippen LogP contribution < -0.4 is 10.6 Å². The maximum atomic E-state index is 13.3. The van der Waals surface area contributed by atoms with Gasteiger partial charge >= 0.3 is 0 Å². The minimum Gasteiger partial charge on any atom is -0.368 e. The molecule has 0 saturated heterocycles. The van der Waals surface area contributed by atoms with Crippen molar-refractivity contribution < 1.29 is 4.39 Å². The number of nitrogen functional groups attached to an aromatic ring is 1. The number of hydrogen-bond donors (Lipinski definition) is 2. The molecule has 2 heterocycles. The maximum Gasteiger partial charge on any atom is 0.224 e. The molecule has 1 aromatic carbocycles. The molecule has 3 aromatic rings. The highest BCUT2D eigenvalue weighted by atomic mass is 19.1. The smallest absolute Gasteiger partial charge is 0.224 e. The lowest BCUT2D eigenvalue weighted by Crippen LogP contribution is -2.22. The second-order valence-corrected chi connectivity index (χ2v) is 5.06. The van der Waals surface area contributed by atoms with E-state index in [4.69, 9.17) is 5.73 Å². The summed E-state index contributed by atoms with van der Waals surface area (Å²) in [6, 6.07) is 9.68. The number of fused-ring (bicyclic) bond motifs is 1. The molecule has 114 valence electrons. The van der Waals surface area contributed by atoms with Gasteiger partial charge < -0.3 is 15.6 Å². The number of H-pyrrole nitrogens is 1. The molecule has 1 atom stereocenters. The zero-order valence-electron chi connectivity index (χ0n) is 12.2. The van der Waals surface area contributed by atoms with Crippen molar-refractivity contribution in [2.45, 2.75) is 19.5 Å². The van der Waals surface area contributed by atoms with Crippen LogP contribution in [0, 0.1) is 0 Å². The molecule has 0 radical (unpaired) electrons. The van der Waals surface area contributed by atoms with Gasteiger partial charge in [-0.15, -0.1) is 0 Å². The van der Waals surface area contributed by atoms with E-state index in [0.29, 0.717) is 29.9 Å². The first-order chi connectivity index (χ1) is 10.6. The van der Waals surface area contributed by atoms with Crippen LogP contribution in [-0.4, -0.2) is 32.7 Å². The van der Waals surface area contributed by atoms with Crippen LogP contribution in [0.1, 0.15) is 13.3 Å². The van der Waals surface area contributed by atoms with Gasteiger partial charge in [0.25, 0.3) is 0 Å². The Balaban J connectivity index is 2.09. The van der Waals surface area contributed by atoms with Gasteiger partial charge in [0.2, 0.25) is 5.95 Å². The molecule has 22 heavy (non-hydrogen) atoms. The summed E-state index contributed by atoms with van der Waals surface area (Å²) in [7, 11) is 0. The molecule has 1 unspecified atom stereocenters. The van der Waals surface area contributed by atoms with Crippen LogP contribution in [-0.2, 0) is 0 Å². The highest BCUT2D eigenvalue weighted by Crippen LogP contribution is 2.29. The van der Waals surface area contributed by atoms with E-state index in [1.165, 1.54) is 0 Å². The fourth-order valence-corrected chi connectivity index (χ4v) is 2.30. The molecular formula is C15H17FN6. The molecule has 0 saturated carbocycles. The summed E-state index contributed by atoms with van der Waals surface area (Å²) in [4.78, 5) is 17.5. The maximum absolute atomic E-state index is 13.3. The number of aromatic nitrogens is 4. The summed E-state index contributed by atoms with van der Waals surface area (Å²) in [5.74, 6) is 0.746. The van der Waals surface area contributed by atoms with E-state index >= 15 is 0 Å². The van der Waals surface area contributed by atoms with Gasteiger partial charge in [-0.25, -0.2) is 9.37 Å². The number of nitrogens with zero attached hydrogens (tertiary/aromatic N) is 4. The van der Waals surface area contributed by atoms with Crippen LogP contribution in [0.2, 0.25) is 0 Å². The fraction of sp³-hybridized carbons (Fsp3) is 0.267. The summed E-state index contributed by atoms with van der Waals surface area (Å²) in [5, 5.41) is 0. The standard InChI is InChI=1S/C15H17FN6/c1-10(16)7-8-22(11-5-3-2-4-6-11)14-12-13(19-9-18-12)20-15(17)21-14/h2-6,9-10H,7-8H2,1H3,(H3,17,18,19,20,21). The number of nitrogens with two attached hydrogens (primary N) is 1. The van der Waals surface area contributed by atoms with Crippen molar-refractivity contribution in [3.8, 4) is 0 Å². The van der Waals surface area contributed by atoms with E-state index in [9.17, 15) is 4.39 Å². The van der Waals surface area contributed by atoms with Gasteiger partial charge in [0, 0.05) is 12.2 Å². The summed E-state index contributed by atoms with van der Waals surface area (Å²) in [6.07, 6.45) is 1.03. The Hall–Kier alpha value is -2.70. The first-order valence-corrected chi connectivity index (χ1v) is 7.08. The van der Waals surface area contributed by atoms with Crippen LogP contribution in [0.15, 0.2) is 36.7 Å². The van der Waals surface area contributed by atoms with E-state index in [2.05, 4.69) is 19.9 Å². The van der Waals surface area contributed by atoms with Gasteiger partial charge in [0.05, 0.1) is 12.5 Å². The third-order valence-electron chi connectivity index (χ3n) is 3.36. The fourth-order valence-electron chi connectivity index (χ4n) is 2.30. The topological polar surface area (TPSA) is 83.7 Å². The molecule has 7 heteroatoms. The van der Waals surface area contributed by atoms with Crippen molar-refractivity contribution >= 4 is 28.6 Å². The Bertz CT molecular complexity index is 755. The zero-order chi connectivity index (χ0) is 15.5. The molecular weight excluding hydrogens is 283 g/mol. The van der Waals surface area contributed by atoms with Gasteiger partial charge in [-0.3, -0.25) is 0 Å². The molecule has 2 aromatic heterocycles. The summed E-state index contributed by atoms with van der Waals surface area (Å²) < 4.78 is 13.3. The van der Waals surface area contributed by atoms with Crippen LogP contribution in [0.3, 0.4) is 0 Å². The monoisotopic (exact) mass is 300 g/mol. The van der Waals surface area contributed by atoms with Crippen molar-refractivity contribution in [1.82, 2.24) is 19.9 Å². The summed E-state index contributed by atoms with van der Waals surface area (Å²) in [5.41, 5.74) is 7.87. The average molecular weight is 300 g/mol. The van der Waals surface area contributed by atoms with Crippen molar-refractivity contribution in [2.75, 3.05) is 17.2 Å². The Morgan fingerprint density at radius 2 is 2.05 bits per heavy atom. The van der Waals surface area contributed by atoms with Gasteiger partial charge in [0.15, 0.2) is 11.5 Å². The number of imidazole rings is 1. The van der Waals surface area contributed by atoms with E-state index in [0.717, 1.165) is 5.69 Å². The third kappa shape index (κ3) is 2.83. The highest BCUT2D eigenvalue weighted by Gasteiger charge is 2.18. The number of anilines is 3. The lowest BCUT2D eigenvalue weighted by Gasteiger charge is -2.24. The minimum atomic E-state index is -0.900. The summed E-state index contributed by atoms with van der Waals surface area (Å²) in [6.45, 7) is 2.02. The number of alkyl halides is 1. The zero-order valence-corrected chi connectivity index (χ0v) is 12.2. The molecule has 0 aliphatic heterocycles. The normalized spacial score (nSPS) is 12.5. The molecule has 0 bridgehead atoms. The molecule has 0 spiro atoms. The van der Waals surface area contributed by atoms with Crippen LogP contribution in [0.25, 0.3) is 11.2 Å². The van der Waals surface area contributed by atoms with Gasteiger partial charge in [-0.1, -0.05) is 18.2 Å². The van der Waals surface area contributed by atoms with Gasteiger partial charge in [-0.2, -0.15) is 9.97 Å². The molecule has 0 aliphatic carbocycles. The largest absolute Gasteiger partial charge is 0.368 e. The number of nitrogens with one attached hydrogen (secondary N) is 1. The van der Waals surface area contributed by atoms with Crippen molar-refractivity contribution in [3.05, 3.63) is 36.7 Å². The second-order valence-electron chi connectivity index (χ2n) is 5.06. The SMILES string of the molecule is CC(F)CCN(c1ccccc1)c1nc(N)nc2nc[nH]c12. The van der Waals surface area contributed by atoms with E-state index in [1.807, 2.05) is 35.2 Å². The Morgan fingerprint density at radius 3 is 2.77 bits per heavy atom. The highest BCUT2D eigenvalue weighted by molar-refractivity contribution is 5.86. The lowest BCUT2D eigenvalue weighted by atomic mass is 10.2. The number of halogens is 1. The average Bonchev–Trinajstić information content (AvgIpc) is 2.96. The second kappa shape index (κ2) is 5.97. The minimum absolute atomic E-state index is 0.142. The van der Waals surface area contributed by atoms with Crippen molar-refractivity contribution in [1.29, 1.82) is 0 Å².